The van der Waals surface area contributed by atoms with E-state index >= 15 is 0 Å². The molecule has 94 valence electrons. The fourth-order valence-corrected chi connectivity index (χ4v) is 1.82. The zero-order valence-corrected chi connectivity index (χ0v) is 10.7. The molecule has 0 unspecified atom stereocenters. The maximum Gasteiger partial charge on any atom is 0.264 e. The summed E-state index contributed by atoms with van der Waals surface area (Å²) in [4.78, 5) is 18.3. The van der Waals surface area contributed by atoms with Gasteiger partial charge in [-0.2, -0.15) is 0 Å². The van der Waals surface area contributed by atoms with E-state index in [1.165, 1.54) is 6.20 Å². The highest BCUT2D eigenvalue weighted by molar-refractivity contribution is 7.07. The normalized spacial score (nSPS) is 10.1. The molecule has 18 heavy (non-hydrogen) atoms. The van der Waals surface area contributed by atoms with Gasteiger partial charge in [-0.05, 0) is 23.7 Å². The van der Waals surface area contributed by atoms with Crippen molar-refractivity contribution in [1.29, 1.82) is 0 Å². The summed E-state index contributed by atoms with van der Waals surface area (Å²) >= 11 is 1.09. The van der Waals surface area contributed by atoms with Crippen LogP contribution < -0.4 is 10.2 Å². The quantitative estimate of drug-likeness (QED) is 0.864. The van der Waals surface area contributed by atoms with E-state index in [2.05, 4.69) is 19.9 Å². The van der Waals surface area contributed by atoms with E-state index in [4.69, 9.17) is 0 Å². The minimum absolute atomic E-state index is 0.139. The Bertz CT molecular complexity index is 487. The summed E-state index contributed by atoms with van der Waals surface area (Å²) in [5.74, 6) is 0.741. The van der Waals surface area contributed by atoms with Crippen molar-refractivity contribution >= 4 is 23.3 Å². The van der Waals surface area contributed by atoms with Gasteiger partial charge in [0.25, 0.3) is 5.91 Å². The number of carbonyl (C=O) groups excluding carboxylic acids is 1. The summed E-state index contributed by atoms with van der Waals surface area (Å²) in [6, 6.07) is 5.73. The predicted molar refractivity (Wildman–Crippen MR) is 69.7 cm³/mol. The van der Waals surface area contributed by atoms with Crippen molar-refractivity contribution in [2.75, 3.05) is 25.0 Å². The monoisotopic (exact) mass is 263 g/mol. The average Bonchev–Trinajstić information content (AvgIpc) is 2.93. The number of hydrogen-bond acceptors (Lipinski definition) is 6. The molecule has 0 aliphatic carbocycles. The second-order valence-electron chi connectivity index (χ2n) is 3.65. The van der Waals surface area contributed by atoms with Gasteiger partial charge in [-0.3, -0.25) is 4.79 Å². The van der Waals surface area contributed by atoms with Crippen molar-refractivity contribution in [2.24, 2.45) is 0 Å². The standard InChI is InChI=1S/C11H13N5OS/c1-16(10-4-2-3-5-12-10)7-6-13-11(17)9-8-14-15-18-9/h2-5,8H,6-7H2,1H3,(H,13,17). The Morgan fingerprint density at radius 2 is 2.39 bits per heavy atom. The van der Waals surface area contributed by atoms with Crippen molar-refractivity contribution in [3.05, 3.63) is 35.5 Å². The molecule has 0 radical (unpaired) electrons. The fraction of sp³-hybridized carbons (Fsp3) is 0.273. The van der Waals surface area contributed by atoms with E-state index in [0.717, 1.165) is 17.4 Å². The number of carbonyl (C=O) groups is 1. The molecule has 7 heteroatoms. The number of anilines is 1. The Labute approximate surface area is 109 Å². The third kappa shape index (κ3) is 3.24. The van der Waals surface area contributed by atoms with Crippen molar-refractivity contribution < 1.29 is 4.79 Å². The Hall–Kier alpha value is -2.02. The minimum atomic E-state index is -0.139. The number of nitrogens with zero attached hydrogens (tertiary/aromatic N) is 4. The molecule has 2 heterocycles. The lowest BCUT2D eigenvalue weighted by Crippen LogP contribution is -2.32. The molecular weight excluding hydrogens is 250 g/mol. The van der Waals surface area contributed by atoms with Gasteiger partial charge >= 0.3 is 0 Å². The number of aromatic nitrogens is 3. The summed E-state index contributed by atoms with van der Waals surface area (Å²) in [5.41, 5.74) is 0. The maximum absolute atomic E-state index is 11.6. The first-order valence-corrected chi connectivity index (χ1v) is 6.22. The van der Waals surface area contributed by atoms with Crippen LogP contribution in [0.1, 0.15) is 9.67 Å². The van der Waals surface area contributed by atoms with Crippen molar-refractivity contribution in [2.45, 2.75) is 0 Å². The lowest BCUT2D eigenvalue weighted by molar-refractivity contribution is 0.0958. The van der Waals surface area contributed by atoms with Crippen LogP contribution in [-0.4, -0.2) is 40.6 Å². The first-order chi connectivity index (χ1) is 8.77. The fourth-order valence-electron chi connectivity index (χ4n) is 1.39. The van der Waals surface area contributed by atoms with Crippen LogP contribution in [0.3, 0.4) is 0 Å². The number of hydrogen-bond donors (Lipinski definition) is 1. The van der Waals surface area contributed by atoms with Crippen molar-refractivity contribution in [1.82, 2.24) is 19.9 Å². The molecule has 0 saturated heterocycles. The number of pyridine rings is 1. The zero-order valence-electron chi connectivity index (χ0n) is 9.91. The molecule has 0 aromatic carbocycles. The lowest BCUT2D eigenvalue weighted by atomic mass is 10.4. The molecular formula is C11H13N5OS. The van der Waals surface area contributed by atoms with Gasteiger partial charge in [-0.25, -0.2) is 4.98 Å². The van der Waals surface area contributed by atoms with Gasteiger partial charge in [0.15, 0.2) is 0 Å². The van der Waals surface area contributed by atoms with Gasteiger partial charge in [0, 0.05) is 26.3 Å². The van der Waals surface area contributed by atoms with Crippen LogP contribution in [0.15, 0.2) is 30.6 Å². The molecule has 0 atom stereocenters. The van der Waals surface area contributed by atoms with Crippen LogP contribution >= 0.6 is 11.5 Å². The second-order valence-corrected chi connectivity index (χ2v) is 4.43. The van der Waals surface area contributed by atoms with Gasteiger partial charge in [0.1, 0.15) is 10.7 Å². The third-order valence-corrected chi connectivity index (χ3v) is 3.02. The van der Waals surface area contributed by atoms with Crippen LogP contribution in [-0.2, 0) is 0 Å². The molecule has 2 aromatic rings. The van der Waals surface area contributed by atoms with Crippen LogP contribution in [0.2, 0.25) is 0 Å². The number of likely N-dealkylation sites (N-methyl/N-ethyl adjacent to an activating group) is 1. The van der Waals surface area contributed by atoms with E-state index in [0.29, 0.717) is 18.0 Å². The topological polar surface area (TPSA) is 71.0 Å². The van der Waals surface area contributed by atoms with E-state index in [9.17, 15) is 4.79 Å². The average molecular weight is 263 g/mol. The molecule has 1 amide bonds. The highest BCUT2D eigenvalue weighted by Gasteiger charge is 2.08. The highest BCUT2D eigenvalue weighted by Crippen LogP contribution is 2.05. The van der Waals surface area contributed by atoms with Crippen LogP contribution in [0.25, 0.3) is 0 Å². The van der Waals surface area contributed by atoms with Crippen LogP contribution in [0.4, 0.5) is 5.82 Å². The zero-order chi connectivity index (χ0) is 12.8. The molecule has 0 saturated carbocycles. The molecule has 1 N–H and O–H groups in total. The number of amides is 1. The van der Waals surface area contributed by atoms with E-state index < -0.39 is 0 Å². The Balaban J connectivity index is 1.77. The largest absolute Gasteiger partial charge is 0.358 e. The molecule has 6 nitrogen and oxygen atoms in total. The minimum Gasteiger partial charge on any atom is -0.358 e. The number of nitrogens with one attached hydrogen (secondary N) is 1. The Morgan fingerprint density at radius 3 is 3.06 bits per heavy atom. The first-order valence-electron chi connectivity index (χ1n) is 5.45. The van der Waals surface area contributed by atoms with E-state index in [-0.39, 0.29) is 5.91 Å². The van der Waals surface area contributed by atoms with Gasteiger partial charge in [-0.15, -0.1) is 5.10 Å². The van der Waals surface area contributed by atoms with Gasteiger partial charge in [0.05, 0.1) is 6.20 Å². The smallest absolute Gasteiger partial charge is 0.264 e. The van der Waals surface area contributed by atoms with Gasteiger partial charge in [0.2, 0.25) is 0 Å². The molecule has 0 aliphatic heterocycles. The van der Waals surface area contributed by atoms with Gasteiger partial charge < -0.3 is 10.2 Å². The van der Waals surface area contributed by atoms with Crippen molar-refractivity contribution in [3.63, 3.8) is 0 Å². The summed E-state index contributed by atoms with van der Waals surface area (Å²) in [5, 5.41) is 6.43. The molecule has 0 fully saturated rings. The van der Waals surface area contributed by atoms with E-state index in [1.807, 2.05) is 30.1 Å². The Kier molecular flexibility index (Phi) is 4.19. The molecule has 2 aromatic heterocycles. The van der Waals surface area contributed by atoms with Crippen LogP contribution in [0, 0.1) is 0 Å². The summed E-state index contributed by atoms with van der Waals surface area (Å²) in [6.45, 7) is 1.23. The van der Waals surface area contributed by atoms with Gasteiger partial charge in [-0.1, -0.05) is 10.6 Å². The van der Waals surface area contributed by atoms with Crippen LogP contribution in [0.5, 0.6) is 0 Å². The highest BCUT2D eigenvalue weighted by atomic mass is 32.1. The molecule has 0 spiro atoms. The number of rotatable bonds is 5. The van der Waals surface area contributed by atoms with Crippen molar-refractivity contribution in [3.8, 4) is 0 Å². The molecule has 0 bridgehead atoms. The SMILES string of the molecule is CN(CCNC(=O)c1cnns1)c1ccccn1. The molecule has 2 rings (SSSR count). The third-order valence-electron chi connectivity index (χ3n) is 2.36. The summed E-state index contributed by atoms with van der Waals surface area (Å²) in [7, 11) is 1.93. The van der Waals surface area contributed by atoms with E-state index in [1.54, 1.807) is 6.20 Å². The summed E-state index contributed by atoms with van der Waals surface area (Å²) in [6.07, 6.45) is 3.20. The lowest BCUT2D eigenvalue weighted by Gasteiger charge is -2.17. The summed E-state index contributed by atoms with van der Waals surface area (Å²) < 4.78 is 3.64. The second kappa shape index (κ2) is 6.06. The Morgan fingerprint density at radius 1 is 1.50 bits per heavy atom. The maximum atomic E-state index is 11.6. The molecule has 0 aliphatic rings. The predicted octanol–water partition coefficient (Wildman–Crippen LogP) is 0.799. The first kappa shape index (κ1) is 12.4.